The highest BCUT2D eigenvalue weighted by Crippen LogP contribution is 2.33. The van der Waals surface area contributed by atoms with Gasteiger partial charge >= 0.3 is 6.18 Å². The van der Waals surface area contributed by atoms with Crippen molar-refractivity contribution in [2.24, 2.45) is 0 Å². The number of phenols is 1. The van der Waals surface area contributed by atoms with Crippen LogP contribution in [0.1, 0.15) is 15.9 Å². The largest absolute Gasteiger partial charge is 0.506 e. The number of phenolic OH excluding ortho intramolecular Hbond substituents is 1. The minimum absolute atomic E-state index is 0.0182. The lowest BCUT2D eigenvalue weighted by atomic mass is 10.1. The summed E-state index contributed by atoms with van der Waals surface area (Å²) in [5.74, 6) is -1.02. The van der Waals surface area contributed by atoms with Crippen molar-refractivity contribution in [3.63, 3.8) is 0 Å². The second-order valence-corrected chi connectivity index (χ2v) is 6.09. The monoisotopic (exact) mass is 437 g/mol. The molecule has 2 N–H and O–H groups in total. The van der Waals surface area contributed by atoms with Gasteiger partial charge in [-0.15, -0.1) is 0 Å². The summed E-state index contributed by atoms with van der Waals surface area (Å²) in [4.78, 5) is 12.1. The van der Waals surface area contributed by atoms with Crippen LogP contribution in [0, 0.1) is 0 Å². The van der Waals surface area contributed by atoms with Gasteiger partial charge in [-0.05, 0) is 46.3 Å². The lowest BCUT2D eigenvalue weighted by molar-refractivity contribution is -0.137. The van der Waals surface area contributed by atoms with Crippen LogP contribution in [0.4, 0.5) is 18.9 Å². The minimum atomic E-state index is -4.50. The van der Waals surface area contributed by atoms with Gasteiger partial charge in [0.15, 0.2) is 0 Å². The Balaban J connectivity index is 2.30. The zero-order chi connectivity index (χ0) is 16.5. The maximum atomic E-state index is 12.6. The van der Waals surface area contributed by atoms with Gasteiger partial charge in [0.05, 0.1) is 15.6 Å². The number of carbonyl (C=O) groups is 1. The summed E-state index contributed by atoms with van der Waals surface area (Å²) in [5.41, 5.74) is -0.959. The van der Waals surface area contributed by atoms with Gasteiger partial charge in [-0.2, -0.15) is 13.2 Å². The number of hydrogen-bond acceptors (Lipinski definition) is 2. The summed E-state index contributed by atoms with van der Waals surface area (Å²) in [6.45, 7) is 0. The van der Waals surface area contributed by atoms with Crippen molar-refractivity contribution >= 4 is 43.5 Å². The fourth-order valence-corrected chi connectivity index (χ4v) is 2.94. The van der Waals surface area contributed by atoms with Crippen molar-refractivity contribution in [1.29, 1.82) is 0 Å². The standard InChI is InChI=1S/C14H8Br2F3NO2/c15-8-5-10(12(21)11(16)6-8)13(22)20-9-3-1-2-7(4-9)14(17,18)19/h1-6,21H,(H,20,22). The van der Waals surface area contributed by atoms with Crippen LogP contribution >= 0.6 is 31.9 Å². The Morgan fingerprint density at radius 1 is 1.14 bits per heavy atom. The molecular weight excluding hydrogens is 431 g/mol. The predicted octanol–water partition coefficient (Wildman–Crippen LogP) is 5.19. The van der Waals surface area contributed by atoms with E-state index in [1.165, 1.54) is 24.3 Å². The molecule has 0 spiro atoms. The van der Waals surface area contributed by atoms with Gasteiger partial charge in [0.1, 0.15) is 5.75 Å². The number of hydrogen-bond donors (Lipinski definition) is 2. The molecule has 8 heteroatoms. The molecule has 2 aromatic rings. The molecule has 0 aliphatic rings. The predicted molar refractivity (Wildman–Crippen MR) is 82.9 cm³/mol. The maximum absolute atomic E-state index is 12.6. The summed E-state index contributed by atoms with van der Waals surface area (Å²) in [6, 6.07) is 7.15. The van der Waals surface area contributed by atoms with Gasteiger partial charge in [-0.3, -0.25) is 4.79 Å². The highest BCUT2D eigenvalue weighted by atomic mass is 79.9. The van der Waals surface area contributed by atoms with Crippen molar-refractivity contribution in [3.8, 4) is 5.75 Å². The van der Waals surface area contributed by atoms with Crippen LogP contribution in [0.2, 0.25) is 0 Å². The third kappa shape index (κ3) is 3.80. The van der Waals surface area contributed by atoms with Crippen LogP contribution in [-0.2, 0) is 6.18 Å². The molecule has 0 atom stereocenters. The molecule has 0 saturated heterocycles. The second kappa shape index (κ2) is 6.29. The molecule has 0 aliphatic heterocycles. The highest BCUT2D eigenvalue weighted by molar-refractivity contribution is 9.11. The third-order valence-corrected chi connectivity index (χ3v) is 3.78. The lowest BCUT2D eigenvalue weighted by Gasteiger charge is -2.11. The second-order valence-electron chi connectivity index (χ2n) is 4.32. The summed E-state index contributed by atoms with van der Waals surface area (Å²) < 4.78 is 38.7. The van der Waals surface area contributed by atoms with E-state index < -0.39 is 17.6 Å². The van der Waals surface area contributed by atoms with Crippen LogP contribution in [0.25, 0.3) is 0 Å². The Morgan fingerprint density at radius 2 is 1.82 bits per heavy atom. The number of benzene rings is 2. The zero-order valence-corrected chi connectivity index (χ0v) is 13.9. The van der Waals surface area contributed by atoms with Crippen molar-refractivity contribution in [3.05, 3.63) is 56.5 Å². The topological polar surface area (TPSA) is 49.3 Å². The number of amides is 1. The first-order chi connectivity index (χ1) is 10.2. The Morgan fingerprint density at radius 3 is 2.45 bits per heavy atom. The van der Waals surface area contributed by atoms with E-state index >= 15 is 0 Å². The van der Waals surface area contributed by atoms with E-state index in [4.69, 9.17) is 0 Å². The van der Waals surface area contributed by atoms with Gasteiger partial charge < -0.3 is 10.4 Å². The molecular formula is C14H8Br2F3NO2. The van der Waals surface area contributed by atoms with Crippen LogP contribution in [0.5, 0.6) is 5.75 Å². The summed E-state index contributed by atoms with van der Waals surface area (Å²) in [7, 11) is 0. The van der Waals surface area contributed by atoms with E-state index in [0.717, 1.165) is 12.1 Å². The van der Waals surface area contributed by atoms with E-state index in [-0.39, 0.29) is 21.5 Å². The molecule has 0 fully saturated rings. The normalized spacial score (nSPS) is 11.3. The first kappa shape index (κ1) is 16.8. The molecule has 0 aromatic heterocycles. The first-order valence-electron chi connectivity index (χ1n) is 5.85. The molecule has 22 heavy (non-hydrogen) atoms. The van der Waals surface area contributed by atoms with Gasteiger partial charge in [0.2, 0.25) is 0 Å². The number of carbonyl (C=O) groups excluding carboxylic acids is 1. The quantitative estimate of drug-likeness (QED) is 0.677. The van der Waals surface area contributed by atoms with Crippen molar-refractivity contribution in [1.82, 2.24) is 0 Å². The highest BCUT2D eigenvalue weighted by Gasteiger charge is 2.30. The van der Waals surface area contributed by atoms with E-state index in [2.05, 4.69) is 37.2 Å². The van der Waals surface area contributed by atoms with Gasteiger partial charge in [-0.25, -0.2) is 0 Å². The van der Waals surface area contributed by atoms with Crippen molar-refractivity contribution in [2.45, 2.75) is 6.18 Å². The van der Waals surface area contributed by atoms with E-state index in [0.29, 0.717) is 4.47 Å². The molecule has 2 rings (SSSR count). The fourth-order valence-electron chi connectivity index (χ4n) is 1.71. The van der Waals surface area contributed by atoms with E-state index in [1.54, 1.807) is 0 Å². The van der Waals surface area contributed by atoms with Crippen LogP contribution in [0.3, 0.4) is 0 Å². The molecule has 0 unspecified atom stereocenters. The average molecular weight is 439 g/mol. The fraction of sp³-hybridized carbons (Fsp3) is 0.0714. The molecule has 116 valence electrons. The van der Waals surface area contributed by atoms with Crippen molar-refractivity contribution < 1.29 is 23.1 Å². The van der Waals surface area contributed by atoms with E-state index in [9.17, 15) is 23.1 Å². The number of halogens is 5. The number of alkyl halides is 3. The van der Waals surface area contributed by atoms with Crippen molar-refractivity contribution in [2.75, 3.05) is 5.32 Å². The maximum Gasteiger partial charge on any atom is 0.416 e. The number of nitrogens with one attached hydrogen (secondary N) is 1. The Hall–Kier alpha value is -1.54. The first-order valence-corrected chi connectivity index (χ1v) is 7.43. The van der Waals surface area contributed by atoms with E-state index in [1.807, 2.05) is 0 Å². The summed E-state index contributed by atoms with van der Waals surface area (Å²) in [6.07, 6.45) is -4.50. The SMILES string of the molecule is O=C(Nc1cccc(C(F)(F)F)c1)c1cc(Br)cc(Br)c1O. The molecule has 0 radical (unpaired) electrons. The molecule has 0 bridgehead atoms. The summed E-state index contributed by atoms with van der Waals surface area (Å²) >= 11 is 6.25. The number of rotatable bonds is 2. The van der Waals surface area contributed by atoms with Crippen LogP contribution in [0.15, 0.2) is 45.3 Å². The Bertz CT molecular complexity index is 733. The molecule has 0 saturated carbocycles. The smallest absolute Gasteiger partial charge is 0.416 e. The minimum Gasteiger partial charge on any atom is -0.506 e. The third-order valence-electron chi connectivity index (χ3n) is 2.72. The van der Waals surface area contributed by atoms with Gasteiger partial charge in [0, 0.05) is 10.2 Å². The van der Waals surface area contributed by atoms with Gasteiger partial charge in [-0.1, -0.05) is 22.0 Å². The Labute approximate surface area is 140 Å². The Kier molecular flexibility index (Phi) is 4.81. The average Bonchev–Trinajstić information content (AvgIpc) is 2.42. The number of aromatic hydroxyl groups is 1. The van der Waals surface area contributed by atoms with Gasteiger partial charge in [0.25, 0.3) is 5.91 Å². The molecule has 1 amide bonds. The number of anilines is 1. The molecule has 3 nitrogen and oxygen atoms in total. The summed E-state index contributed by atoms with van der Waals surface area (Å²) in [5, 5.41) is 12.2. The lowest BCUT2D eigenvalue weighted by Crippen LogP contribution is -2.13. The molecule has 0 heterocycles. The molecule has 2 aromatic carbocycles. The zero-order valence-electron chi connectivity index (χ0n) is 10.7. The molecule has 0 aliphatic carbocycles. The van der Waals surface area contributed by atoms with Crippen LogP contribution in [-0.4, -0.2) is 11.0 Å². The van der Waals surface area contributed by atoms with Crippen LogP contribution < -0.4 is 5.32 Å².